The molecular formula is C18H29N3O2. The van der Waals surface area contributed by atoms with E-state index in [0.29, 0.717) is 30.8 Å². The first-order chi connectivity index (χ1) is 11.2. The molecule has 1 saturated carbocycles. The zero-order valence-corrected chi connectivity index (χ0v) is 14.1. The lowest BCUT2D eigenvalue weighted by atomic mass is 9.73. The number of rotatable bonds is 3. The molecule has 1 atom stereocenters. The summed E-state index contributed by atoms with van der Waals surface area (Å²) < 4.78 is 0. The van der Waals surface area contributed by atoms with Crippen molar-refractivity contribution in [3.05, 3.63) is 0 Å². The summed E-state index contributed by atoms with van der Waals surface area (Å²) in [4.78, 5) is 31.4. The average molecular weight is 319 g/mol. The van der Waals surface area contributed by atoms with Gasteiger partial charge in [0.05, 0.1) is 6.54 Å². The third kappa shape index (κ3) is 3.25. The Labute approximate surface area is 139 Å². The number of nitrogens with zero attached hydrogens (tertiary/aromatic N) is 3. The molecule has 3 aliphatic heterocycles. The lowest BCUT2D eigenvalue weighted by Crippen LogP contribution is -2.56. The topological polar surface area (TPSA) is 43.9 Å². The van der Waals surface area contributed by atoms with Gasteiger partial charge >= 0.3 is 0 Å². The molecule has 1 spiro atoms. The molecule has 5 heteroatoms. The molecule has 2 amide bonds. The van der Waals surface area contributed by atoms with Gasteiger partial charge in [0.2, 0.25) is 11.8 Å². The minimum atomic E-state index is 0.176. The lowest BCUT2D eigenvalue weighted by Gasteiger charge is -2.48. The van der Waals surface area contributed by atoms with Crippen molar-refractivity contribution in [2.45, 2.75) is 57.4 Å². The Hall–Kier alpha value is -1.10. The Balaban J connectivity index is 1.39. The Morgan fingerprint density at radius 1 is 1.04 bits per heavy atom. The number of hydrogen-bond acceptors (Lipinski definition) is 3. The van der Waals surface area contributed by atoms with Crippen LogP contribution >= 0.6 is 0 Å². The number of carbonyl (C=O) groups excluding carboxylic acids is 2. The van der Waals surface area contributed by atoms with E-state index in [-0.39, 0.29) is 5.41 Å². The van der Waals surface area contributed by atoms with Gasteiger partial charge in [-0.3, -0.25) is 14.5 Å². The summed E-state index contributed by atoms with van der Waals surface area (Å²) in [5.41, 5.74) is 0.176. The molecule has 4 rings (SSSR count). The smallest absolute Gasteiger partial charge is 0.236 e. The van der Waals surface area contributed by atoms with Gasteiger partial charge in [0, 0.05) is 37.5 Å². The second-order valence-corrected chi connectivity index (χ2v) is 8.15. The van der Waals surface area contributed by atoms with Crippen LogP contribution in [0.15, 0.2) is 0 Å². The molecule has 3 heterocycles. The molecule has 5 nitrogen and oxygen atoms in total. The summed E-state index contributed by atoms with van der Waals surface area (Å²) in [5, 5.41) is 0. The van der Waals surface area contributed by atoms with Gasteiger partial charge in [0.25, 0.3) is 0 Å². The predicted octanol–water partition coefficient (Wildman–Crippen LogP) is 1.48. The molecule has 0 N–H and O–H groups in total. The molecule has 0 bridgehead atoms. The maximum atomic E-state index is 12.7. The lowest BCUT2D eigenvalue weighted by molar-refractivity contribution is -0.144. The van der Waals surface area contributed by atoms with E-state index in [0.717, 1.165) is 45.6 Å². The number of amides is 2. The van der Waals surface area contributed by atoms with Crippen molar-refractivity contribution in [1.82, 2.24) is 14.7 Å². The van der Waals surface area contributed by atoms with E-state index in [1.54, 1.807) is 0 Å². The third-order valence-corrected chi connectivity index (χ3v) is 6.25. The fourth-order valence-corrected chi connectivity index (χ4v) is 4.75. The second kappa shape index (κ2) is 6.08. The number of piperidine rings is 2. The van der Waals surface area contributed by atoms with E-state index in [4.69, 9.17) is 0 Å². The maximum absolute atomic E-state index is 12.7. The minimum absolute atomic E-state index is 0.176. The van der Waals surface area contributed by atoms with Gasteiger partial charge in [-0.2, -0.15) is 0 Å². The fourth-order valence-electron chi connectivity index (χ4n) is 4.75. The Bertz CT molecular complexity index is 485. The molecule has 3 saturated heterocycles. The van der Waals surface area contributed by atoms with E-state index < -0.39 is 0 Å². The molecule has 128 valence electrons. The van der Waals surface area contributed by atoms with Gasteiger partial charge < -0.3 is 9.80 Å². The summed E-state index contributed by atoms with van der Waals surface area (Å²) in [6.45, 7) is 5.43. The third-order valence-electron chi connectivity index (χ3n) is 6.25. The SMILES string of the molecule is O=C(CN1CCCC1)N1CCCC2(CCC(=O)N(C3CC3)C2)C1. The first-order valence-electron chi connectivity index (χ1n) is 9.45. The van der Waals surface area contributed by atoms with Crippen LogP contribution in [0, 0.1) is 5.41 Å². The van der Waals surface area contributed by atoms with Crippen LogP contribution in [-0.2, 0) is 9.59 Å². The van der Waals surface area contributed by atoms with Crippen LogP contribution in [0.4, 0.5) is 0 Å². The molecule has 0 aromatic heterocycles. The monoisotopic (exact) mass is 319 g/mol. The standard InChI is InChI=1S/C18H29N3O2/c22-16-6-8-18(14-21(16)15-4-5-15)7-3-11-20(13-18)17(23)12-19-9-1-2-10-19/h15H,1-14H2. The molecule has 0 aromatic carbocycles. The normalized spacial score (nSPS) is 32.8. The van der Waals surface area contributed by atoms with Crippen molar-refractivity contribution in [1.29, 1.82) is 0 Å². The highest BCUT2D eigenvalue weighted by Crippen LogP contribution is 2.42. The molecule has 0 aromatic rings. The molecule has 4 aliphatic rings. The zero-order chi connectivity index (χ0) is 15.9. The first kappa shape index (κ1) is 15.4. The summed E-state index contributed by atoms with van der Waals surface area (Å²) in [6.07, 6.45) is 8.76. The van der Waals surface area contributed by atoms with E-state index in [1.165, 1.54) is 32.1 Å². The summed E-state index contributed by atoms with van der Waals surface area (Å²) in [5.74, 6) is 0.652. The van der Waals surface area contributed by atoms with Crippen molar-refractivity contribution < 1.29 is 9.59 Å². The van der Waals surface area contributed by atoms with E-state index >= 15 is 0 Å². The van der Waals surface area contributed by atoms with E-state index in [9.17, 15) is 9.59 Å². The highest BCUT2D eigenvalue weighted by molar-refractivity contribution is 5.79. The molecule has 1 aliphatic carbocycles. The van der Waals surface area contributed by atoms with Crippen LogP contribution in [0.25, 0.3) is 0 Å². The number of carbonyl (C=O) groups is 2. The minimum Gasteiger partial charge on any atom is -0.341 e. The Kier molecular flexibility index (Phi) is 4.08. The summed E-state index contributed by atoms with van der Waals surface area (Å²) in [6, 6.07) is 0.510. The highest BCUT2D eigenvalue weighted by Gasteiger charge is 2.46. The van der Waals surface area contributed by atoms with Crippen molar-refractivity contribution in [3.8, 4) is 0 Å². The van der Waals surface area contributed by atoms with Crippen LogP contribution in [0.2, 0.25) is 0 Å². The Morgan fingerprint density at radius 2 is 1.83 bits per heavy atom. The van der Waals surface area contributed by atoms with Gasteiger partial charge in [0.1, 0.15) is 0 Å². The van der Waals surface area contributed by atoms with E-state index in [1.807, 2.05) is 0 Å². The van der Waals surface area contributed by atoms with Gasteiger partial charge in [-0.1, -0.05) is 0 Å². The molecule has 23 heavy (non-hydrogen) atoms. The highest BCUT2D eigenvalue weighted by atomic mass is 16.2. The van der Waals surface area contributed by atoms with Crippen molar-refractivity contribution in [2.75, 3.05) is 39.3 Å². The summed E-state index contributed by atoms with van der Waals surface area (Å²) in [7, 11) is 0. The maximum Gasteiger partial charge on any atom is 0.236 e. The number of hydrogen-bond donors (Lipinski definition) is 0. The Morgan fingerprint density at radius 3 is 2.57 bits per heavy atom. The fraction of sp³-hybridized carbons (Fsp3) is 0.889. The van der Waals surface area contributed by atoms with Gasteiger partial charge in [-0.05, 0) is 58.0 Å². The quantitative estimate of drug-likeness (QED) is 0.791. The van der Waals surface area contributed by atoms with Crippen LogP contribution < -0.4 is 0 Å². The zero-order valence-electron chi connectivity index (χ0n) is 14.1. The average Bonchev–Trinajstić information content (AvgIpc) is 3.28. The van der Waals surface area contributed by atoms with Gasteiger partial charge in [0.15, 0.2) is 0 Å². The van der Waals surface area contributed by atoms with Crippen LogP contribution in [0.5, 0.6) is 0 Å². The summed E-state index contributed by atoms with van der Waals surface area (Å²) >= 11 is 0. The molecule has 0 radical (unpaired) electrons. The predicted molar refractivity (Wildman–Crippen MR) is 87.9 cm³/mol. The largest absolute Gasteiger partial charge is 0.341 e. The first-order valence-corrected chi connectivity index (χ1v) is 9.45. The van der Waals surface area contributed by atoms with Crippen molar-refractivity contribution in [2.24, 2.45) is 5.41 Å². The van der Waals surface area contributed by atoms with Crippen molar-refractivity contribution >= 4 is 11.8 Å². The van der Waals surface area contributed by atoms with Crippen LogP contribution in [0.3, 0.4) is 0 Å². The van der Waals surface area contributed by atoms with Crippen molar-refractivity contribution in [3.63, 3.8) is 0 Å². The van der Waals surface area contributed by atoms with Gasteiger partial charge in [-0.15, -0.1) is 0 Å². The molecule has 1 unspecified atom stereocenters. The van der Waals surface area contributed by atoms with Crippen LogP contribution in [-0.4, -0.2) is 71.8 Å². The van der Waals surface area contributed by atoms with Crippen LogP contribution in [0.1, 0.15) is 51.4 Å². The number of likely N-dealkylation sites (tertiary alicyclic amines) is 3. The second-order valence-electron chi connectivity index (χ2n) is 8.15. The molecule has 4 fully saturated rings. The van der Waals surface area contributed by atoms with Gasteiger partial charge in [-0.25, -0.2) is 0 Å². The molecular weight excluding hydrogens is 290 g/mol. The van der Waals surface area contributed by atoms with E-state index in [2.05, 4.69) is 14.7 Å².